The number of amides is 1. The number of carbonyl (C=O) groups excluding carboxylic acids is 1. The van der Waals surface area contributed by atoms with E-state index in [1.807, 2.05) is 60.0 Å². The number of ether oxygens (including phenoxy) is 1. The van der Waals surface area contributed by atoms with Gasteiger partial charge in [0, 0.05) is 12.7 Å². The van der Waals surface area contributed by atoms with Gasteiger partial charge in [0.05, 0.1) is 29.8 Å². The van der Waals surface area contributed by atoms with Crippen molar-refractivity contribution in [2.75, 3.05) is 19.5 Å². The summed E-state index contributed by atoms with van der Waals surface area (Å²) in [6, 6.07) is 15.3. The van der Waals surface area contributed by atoms with E-state index in [2.05, 4.69) is 10.6 Å². The number of imidazole rings is 1. The lowest BCUT2D eigenvalue weighted by Crippen LogP contribution is -2.32. The molecule has 0 radical (unpaired) electrons. The van der Waals surface area contributed by atoms with E-state index >= 15 is 0 Å². The van der Waals surface area contributed by atoms with Crippen LogP contribution in [0.2, 0.25) is 0 Å². The van der Waals surface area contributed by atoms with Crippen molar-refractivity contribution in [3.8, 4) is 5.75 Å². The summed E-state index contributed by atoms with van der Waals surface area (Å²) >= 11 is 0. The van der Waals surface area contributed by atoms with E-state index in [0.717, 1.165) is 34.0 Å². The lowest BCUT2D eigenvalue weighted by atomic mass is 9.95. The molecule has 1 aliphatic rings. The van der Waals surface area contributed by atoms with E-state index in [-0.39, 0.29) is 11.9 Å². The van der Waals surface area contributed by atoms with Gasteiger partial charge in [-0.05, 0) is 36.8 Å². The van der Waals surface area contributed by atoms with Gasteiger partial charge in [0.1, 0.15) is 5.75 Å². The van der Waals surface area contributed by atoms with Gasteiger partial charge in [-0.25, -0.2) is 4.98 Å². The maximum absolute atomic E-state index is 12.7. The van der Waals surface area contributed by atoms with Gasteiger partial charge in [-0.1, -0.05) is 24.3 Å². The topological polar surface area (TPSA) is 68.2 Å². The number of rotatable bonds is 3. The molecule has 1 atom stereocenters. The average Bonchev–Trinajstić information content (AvgIpc) is 3.06. The number of methoxy groups -OCH3 is 1. The smallest absolute Gasteiger partial charge is 0.251 e. The van der Waals surface area contributed by atoms with Crippen molar-refractivity contribution in [1.82, 2.24) is 14.9 Å². The third-order valence-electron chi connectivity index (χ3n) is 4.77. The molecule has 0 unspecified atom stereocenters. The predicted molar refractivity (Wildman–Crippen MR) is 102 cm³/mol. The maximum Gasteiger partial charge on any atom is 0.251 e. The van der Waals surface area contributed by atoms with Crippen LogP contribution in [0.15, 0.2) is 54.1 Å². The highest BCUT2D eigenvalue weighted by atomic mass is 16.5. The zero-order valence-corrected chi connectivity index (χ0v) is 14.9. The number of anilines is 1. The monoisotopic (exact) mass is 348 g/mol. The van der Waals surface area contributed by atoms with E-state index in [9.17, 15) is 4.79 Å². The molecule has 6 nitrogen and oxygen atoms in total. The summed E-state index contributed by atoms with van der Waals surface area (Å²) in [7, 11) is 3.28. The molecule has 1 aliphatic heterocycles. The van der Waals surface area contributed by atoms with Crippen LogP contribution in [-0.4, -0.2) is 29.6 Å². The van der Waals surface area contributed by atoms with Crippen LogP contribution in [0.4, 0.5) is 5.95 Å². The van der Waals surface area contributed by atoms with Gasteiger partial charge in [0.25, 0.3) is 5.91 Å². The van der Waals surface area contributed by atoms with E-state index in [1.54, 1.807) is 14.2 Å². The first kappa shape index (κ1) is 16.2. The second kappa shape index (κ2) is 6.22. The zero-order valence-electron chi connectivity index (χ0n) is 14.9. The molecule has 26 heavy (non-hydrogen) atoms. The Morgan fingerprint density at radius 1 is 1.19 bits per heavy atom. The number of hydrogen-bond donors (Lipinski definition) is 2. The molecule has 2 aromatic carbocycles. The van der Waals surface area contributed by atoms with Crippen molar-refractivity contribution >= 4 is 28.6 Å². The Hall–Kier alpha value is -3.28. The molecule has 1 aromatic heterocycles. The minimum atomic E-state index is -0.287. The molecule has 3 aromatic rings. The number of fused-ring (bicyclic) bond motifs is 3. The van der Waals surface area contributed by atoms with Gasteiger partial charge in [-0.2, -0.15) is 0 Å². The number of hydrogen-bond acceptors (Lipinski definition) is 4. The Morgan fingerprint density at radius 2 is 1.92 bits per heavy atom. The van der Waals surface area contributed by atoms with E-state index in [1.165, 1.54) is 0 Å². The van der Waals surface area contributed by atoms with Gasteiger partial charge in [0.2, 0.25) is 5.95 Å². The summed E-state index contributed by atoms with van der Waals surface area (Å²) in [6.45, 7) is 1.96. The number of para-hydroxylation sites is 2. The van der Waals surface area contributed by atoms with Gasteiger partial charge in [-0.15, -0.1) is 0 Å². The van der Waals surface area contributed by atoms with Gasteiger partial charge in [0.15, 0.2) is 0 Å². The van der Waals surface area contributed by atoms with Crippen LogP contribution in [0.1, 0.15) is 18.5 Å². The van der Waals surface area contributed by atoms with Crippen LogP contribution in [0, 0.1) is 0 Å². The Kier molecular flexibility index (Phi) is 3.88. The average molecular weight is 348 g/mol. The first-order chi connectivity index (χ1) is 12.6. The van der Waals surface area contributed by atoms with Crippen molar-refractivity contribution in [2.45, 2.75) is 13.0 Å². The number of aromatic nitrogens is 2. The first-order valence-corrected chi connectivity index (χ1v) is 8.45. The van der Waals surface area contributed by atoms with Crippen LogP contribution < -0.4 is 15.4 Å². The molecule has 4 rings (SSSR count). The largest absolute Gasteiger partial charge is 0.497 e. The van der Waals surface area contributed by atoms with E-state index in [0.29, 0.717) is 5.57 Å². The molecule has 132 valence electrons. The molecule has 0 saturated heterocycles. The van der Waals surface area contributed by atoms with Crippen LogP contribution in [-0.2, 0) is 4.79 Å². The standard InChI is InChI=1S/C20H20N4O2/c1-12-17(19(25)21-2)18(13-8-10-14(26-3)11-9-13)23-20-22-15-6-4-5-7-16(15)24(12)20/h4-11,18H,1-3H3,(H,21,25)(H,22,23)/t18-/m0/s1. The van der Waals surface area contributed by atoms with E-state index in [4.69, 9.17) is 9.72 Å². The second-order valence-corrected chi connectivity index (χ2v) is 6.19. The van der Waals surface area contributed by atoms with Gasteiger partial charge < -0.3 is 15.4 Å². The van der Waals surface area contributed by atoms with Crippen LogP contribution >= 0.6 is 0 Å². The number of benzene rings is 2. The highest BCUT2D eigenvalue weighted by Gasteiger charge is 2.32. The highest BCUT2D eigenvalue weighted by Crippen LogP contribution is 2.38. The fourth-order valence-corrected chi connectivity index (χ4v) is 3.47. The Morgan fingerprint density at radius 3 is 2.62 bits per heavy atom. The third-order valence-corrected chi connectivity index (χ3v) is 4.77. The molecular formula is C20H20N4O2. The molecule has 0 saturated carbocycles. The van der Waals surface area contributed by atoms with Crippen LogP contribution in [0.5, 0.6) is 5.75 Å². The minimum absolute atomic E-state index is 0.112. The predicted octanol–water partition coefficient (Wildman–Crippen LogP) is 3.19. The third kappa shape index (κ3) is 2.42. The molecule has 0 aliphatic carbocycles. The summed E-state index contributed by atoms with van der Waals surface area (Å²) in [4.78, 5) is 17.4. The number of likely N-dealkylation sites (N-methyl/N-ethyl adjacent to an activating group) is 1. The molecule has 0 bridgehead atoms. The summed E-state index contributed by atoms with van der Waals surface area (Å²) in [5, 5.41) is 6.19. The maximum atomic E-state index is 12.7. The quantitative estimate of drug-likeness (QED) is 0.763. The molecule has 2 heterocycles. The van der Waals surface area contributed by atoms with Gasteiger partial charge in [-0.3, -0.25) is 9.36 Å². The fourth-order valence-electron chi connectivity index (χ4n) is 3.47. The number of nitrogens with one attached hydrogen (secondary N) is 2. The summed E-state index contributed by atoms with van der Waals surface area (Å²) in [5.74, 6) is 1.40. The van der Waals surface area contributed by atoms with Crippen LogP contribution in [0.25, 0.3) is 16.7 Å². The SMILES string of the molecule is CNC(=O)C1=C(C)n2c(nc3ccccc32)N[C@H]1c1ccc(OC)cc1. The normalized spacial score (nSPS) is 16.2. The second-order valence-electron chi connectivity index (χ2n) is 6.19. The summed E-state index contributed by atoms with van der Waals surface area (Å²) < 4.78 is 7.24. The molecule has 2 N–H and O–H groups in total. The lowest BCUT2D eigenvalue weighted by Gasteiger charge is -2.29. The Balaban J connectivity index is 1.90. The minimum Gasteiger partial charge on any atom is -0.497 e. The van der Waals surface area contributed by atoms with E-state index < -0.39 is 0 Å². The molecule has 6 heteroatoms. The molecule has 0 spiro atoms. The summed E-state index contributed by atoms with van der Waals surface area (Å²) in [5.41, 5.74) is 4.38. The Bertz CT molecular complexity index is 1020. The molecular weight excluding hydrogens is 328 g/mol. The first-order valence-electron chi connectivity index (χ1n) is 8.45. The fraction of sp³-hybridized carbons (Fsp3) is 0.200. The van der Waals surface area contributed by atoms with Crippen LogP contribution in [0.3, 0.4) is 0 Å². The molecule has 0 fully saturated rings. The zero-order chi connectivity index (χ0) is 18.3. The van der Waals surface area contributed by atoms with Gasteiger partial charge >= 0.3 is 0 Å². The number of allylic oxidation sites excluding steroid dienone is 1. The van der Waals surface area contributed by atoms with Crippen molar-refractivity contribution in [3.05, 3.63) is 59.7 Å². The summed E-state index contributed by atoms with van der Waals surface area (Å²) in [6.07, 6.45) is 0. The van der Waals surface area contributed by atoms with Crippen molar-refractivity contribution in [2.24, 2.45) is 0 Å². The molecule has 1 amide bonds. The van der Waals surface area contributed by atoms with Crippen molar-refractivity contribution in [1.29, 1.82) is 0 Å². The van der Waals surface area contributed by atoms with Crippen molar-refractivity contribution < 1.29 is 9.53 Å². The number of carbonyl (C=O) groups is 1. The van der Waals surface area contributed by atoms with Crippen molar-refractivity contribution in [3.63, 3.8) is 0 Å². The lowest BCUT2D eigenvalue weighted by molar-refractivity contribution is -0.117. The highest BCUT2D eigenvalue weighted by molar-refractivity contribution is 6.02. The number of nitrogens with zero attached hydrogens (tertiary/aromatic N) is 2. The Labute approximate surface area is 151 Å².